The molecule has 3 aromatic rings. The van der Waals surface area contributed by atoms with E-state index in [1.165, 1.54) is 12.1 Å². The molecule has 0 radical (unpaired) electrons. The molecule has 1 N–H and O–H groups in total. The molecule has 1 aliphatic carbocycles. The van der Waals surface area contributed by atoms with Crippen LogP contribution < -0.4 is 4.72 Å². The van der Waals surface area contributed by atoms with Gasteiger partial charge in [-0.2, -0.15) is 23.2 Å². The predicted octanol–water partition coefficient (Wildman–Crippen LogP) is 4.23. The van der Waals surface area contributed by atoms with Gasteiger partial charge in [0.1, 0.15) is 22.7 Å². The first-order chi connectivity index (χ1) is 15.0. The van der Waals surface area contributed by atoms with Crippen LogP contribution in [0.4, 0.5) is 13.2 Å². The number of halogens is 3. The van der Waals surface area contributed by atoms with Crippen molar-refractivity contribution in [3.63, 3.8) is 0 Å². The van der Waals surface area contributed by atoms with E-state index in [0.717, 1.165) is 37.9 Å². The lowest BCUT2D eigenvalue weighted by molar-refractivity contribution is -0.147. The number of hydrogen-bond acceptors (Lipinski definition) is 5. The van der Waals surface area contributed by atoms with Crippen LogP contribution in [0.15, 0.2) is 35.5 Å². The molecule has 0 amide bonds. The molecular formula is C21H20F3N5O2S. The number of nitriles is 1. The van der Waals surface area contributed by atoms with Crippen LogP contribution in [0, 0.1) is 18.3 Å². The molecule has 3 aromatic heterocycles. The van der Waals surface area contributed by atoms with Gasteiger partial charge in [0.05, 0.1) is 17.0 Å². The predicted molar refractivity (Wildman–Crippen MR) is 111 cm³/mol. The van der Waals surface area contributed by atoms with E-state index in [-0.39, 0.29) is 6.04 Å². The van der Waals surface area contributed by atoms with Crippen LogP contribution in [0.25, 0.3) is 22.4 Å². The molecule has 32 heavy (non-hydrogen) atoms. The molecule has 0 aliphatic heterocycles. The molecule has 7 nitrogen and oxygen atoms in total. The quantitative estimate of drug-likeness (QED) is 0.610. The third kappa shape index (κ3) is 3.84. The number of aryl methyl sites for hydroxylation is 1. The molecule has 0 spiro atoms. The summed E-state index contributed by atoms with van der Waals surface area (Å²) in [6.07, 6.45) is 0.899. The molecule has 11 heteroatoms. The van der Waals surface area contributed by atoms with Crippen molar-refractivity contribution in [1.82, 2.24) is 19.3 Å². The summed E-state index contributed by atoms with van der Waals surface area (Å²) < 4.78 is 66.6. The molecule has 1 aliphatic rings. The van der Waals surface area contributed by atoms with Crippen LogP contribution in [-0.2, 0) is 10.0 Å². The number of pyridine rings is 2. The van der Waals surface area contributed by atoms with Gasteiger partial charge in [0.2, 0.25) is 10.0 Å². The smallest absolute Gasteiger partial charge is 0.320 e. The molecule has 3 heterocycles. The van der Waals surface area contributed by atoms with Gasteiger partial charge < -0.3 is 4.57 Å². The Morgan fingerprint density at radius 1 is 1.25 bits per heavy atom. The highest BCUT2D eigenvalue weighted by Gasteiger charge is 2.39. The lowest BCUT2D eigenvalue weighted by Gasteiger charge is -2.29. The number of rotatable bonds is 5. The van der Waals surface area contributed by atoms with Gasteiger partial charge in [0, 0.05) is 23.8 Å². The van der Waals surface area contributed by atoms with Crippen LogP contribution in [0.3, 0.4) is 0 Å². The van der Waals surface area contributed by atoms with Gasteiger partial charge >= 0.3 is 6.18 Å². The van der Waals surface area contributed by atoms with E-state index < -0.39 is 27.1 Å². The van der Waals surface area contributed by atoms with E-state index in [9.17, 15) is 26.9 Å². The van der Waals surface area contributed by atoms with E-state index >= 15 is 0 Å². The van der Waals surface area contributed by atoms with Crippen LogP contribution in [0.5, 0.6) is 0 Å². The lowest BCUT2D eigenvalue weighted by atomic mass is 9.92. The summed E-state index contributed by atoms with van der Waals surface area (Å²) in [4.78, 5) is 8.34. The van der Waals surface area contributed by atoms with E-state index in [4.69, 9.17) is 0 Å². The summed E-state index contributed by atoms with van der Waals surface area (Å²) in [6.45, 7) is 2.60. The number of sulfonamides is 1. The highest BCUT2D eigenvalue weighted by Crippen LogP contribution is 2.41. The van der Waals surface area contributed by atoms with Gasteiger partial charge in [-0.1, -0.05) is 0 Å². The third-order valence-electron chi connectivity index (χ3n) is 5.64. The second-order valence-electron chi connectivity index (χ2n) is 7.94. The molecule has 0 bridgehead atoms. The maximum atomic E-state index is 12.8. The van der Waals surface area contributed by atoms with Gasteiger partial charge in [0.15, 0.2) is 0 Å². The Labute approximate surface area is 183 Å². The van der Waals surface area contributed by atoms with E-state index in [1.807, 2.05) is 17.6 Å². The number of alkyl halides is 3. The van der Waals surface area contributed by atoms with E-state index in [0.29, 0.717) is 28.0 Å². The minimum atomic E-state index is -4.71. The Hall–Kier alpha value is -2.97. The standard InChI is InChI=1S/C21H20F3N5O2S/c1-12-8-16-17(9-25)19(29(14-4-3-5-14)20(16)27-10-12)18-7-6-15(11-26-18)32(30,31)28-13(2)21(22,23)24/h6-8,10-11,13-14,28H,3-5H2,1-2H3/t13-/m0/s1. The van der Waals surface area contributed by atoms with Crippen molar-refractivity contribution in [3.05, 3.63) is 41.7 Å². The maximum Gasteiger partial charge on any atom is 0.404 e. The van der Waals surface area contributed by atoms with E-state index in [1.54, 1.807) is 10.9 Å². The van der Waals surface area contributed by atoms with Gasteiger partial charge in [-0.25, -0.2) is 13.4 Å². The highest BCUT2D eigenvalue weighted by molar-refractivity contribution is 7.89. The Morgan fingerprint density at radius 2 is 1.97 bits per heavy atom. The van der Waals surface area contributed by atoms with Crippen LogP contribution >= 0.6 is 0 Å². The number of nitrogens with zero attached hydrogens (tertiary/aromatic N) is 4. The fraction of sp³-hybridized carbons (Fsp3) is 0.381. The molecular weight excluding hydrogens is 443 g/mol. The molecule has 0 unspecified atom stereocenters. The average Bonchev–Trinajstić information content (AvgIpc) is 2.99. The second-order valence-corrected chi connectivity index (χ2v) is 9.65. The first-order valence-electron chi connectivity index (χ1n) is 9.99. The maximum absolute atomic E-state index is 12.8. The van der Waals surface area contributed by atoms with Crippen molar-refractivity contribution in [2.45, 2.75) is 56.3 Å². The van der Waals surface area contributed by atoms with Crippen LogP contribution in [0.1, 0.15) is 43.4 Å². The topological polar surface area (TPSA) is 101 Å². The molecule has 1 atom stereocenters. The second kappa shape index (κ2) is 7.86. The molecule has 1 fully saturated rings. The molecule has 0 aromatic carbocycles. The zero-order valence-corrected chi connectivity index (χ0v) is 18.1. The summed E-state index contributed by atoms with van der Waals surface area (Å²) >= 11 is 0. The normalized spacial score (nSPS) is 16.0. The number of nitrogens with one attached hydrogen (secondary N) is 1. The summed E-state index contributed by atoms with van der Waals surface area (Å²) in [5.41, 5.74) is 2.82. The Bertz CT molecular complexity index is 1320. The van der Waals surface area contributed by atoms with Crippen molar-refractivity contribution in [1.29, 1.82) is 5.26 Å². The summed E-state index contributed by atoms with van der Waals surface area (Å²) in [5.74, 6) is 0. The first kappa shape index (κ1) is 22.2. The fourth-order valence-electron chi connectivity index (χ4n) is 3.70. The largest absolute Gasteiger partial charge is 0.404 e. The van der Waals surface area contributed by atoms with Crippen molar-refractivity contribution in [3.8, 4) is 17.5 Å². The summed E-state index contributed by atoms with van der Waals surface area (Å²) in [5, 5.41) is 10.6. The van der Waals surface area contributed by atoms with Crippen LogP contribution in [0.2, 0.25) is 0 Å². The van der Waals surface area contributed by atoms with Gasteiger partial charge in [-0.05, 0) is 56.9 Å². The fourth-order valence-corrected chi connectivity index (χ4v) is 4.88. The van der Waals surface area contributed by atoms with E-state index in [2.05, 4.69) is 16.0 Å². The Balaban J connectivity index is 1.80. The monoisotopic (exact) mass is 463 g/mol. The first-order valence-corrected chi connectivity index (χ1v) is 11.5. The lowest BCUT2D eigenvalue weighted by Crippen LogP contribution is -2.42. The number of fused-ring (bicyclic) bond motifs is 1. The minimum Gasteiger partial charge on any atom is -0.320 e. The number of hydrogen-bond donors (Lipinski definition) is 1. The minimum absolute atomic E-state index is 0.143. The van der Waals surface area contributed by atoms with Gasteiger partial charge in [-0.15, -0.1) is 0 Å². The highest BCUT2D eigenvalue weighted by atomic mass is 32.2. The van der Waals surface area contributed by atoms with Crippen molar-refractivity contribution >= 4 is 21.1 Å². The number of aromatic nitrogens is 3. The molecule has 4 rings (SSSR count). The van der Waals surface area contributed by atoms with Crippen molar-refractivity contribution in [2.75, 3.05) is 0 Å². The van der Waals surface area contributed by atoms with Gasteiger partial charge in [0.25, 0.3) is 0 Å². The molecule has 0 saturated heterocycles. The summed E-state index contributed by atoms with van der Waals surface area (Å²) in [6, 6.07) is 4.59. The van der Waals surface area contributed by atoms with Crippen molar-refractivity contribution in [2.24, 2.45) is 0 Å². The summed E-state index contributed by atoms with van der Waals surface area (Å²) in [7, 11) is -4.42. The SMILES string of the molecule is Cc1cnc2c(c1)c(C#N)c(-c1ccc(S(=O)(=O)N[C@@H](C)C(F)(F)F)cn1)n2C1CCC1. The third-order valence-corrected chi connectivity index (χ3v) is 7.17. The zero-order chi connectivity index (χ0) is 23.3. The van der Waals surface area contributed by atoms with Crippen molar-refractivity contribution < 1.29 is 21.6 Å². The zero-order valence-electron chi connectivity index (χ0n) is 17.3. The Kier molecular flexibility index (Phi) is 5.46. The average molecular weight is 463 g/mol. The molecule has 168 valence electrons. The Morgan fingerprint density at radius 3 is 2.50 bits per heavy atom. The van der Waals surface area contributed by atoms with Crippen LogP contribution in [-0.4, -0.2) is 35.2 Å². The molecule has 1 saturated carbocycles. The van der Waals surface area contributed by atoms with Gasteiger partial charge in [-0.3, -0.25) is 4.98 Å².